The second-order valence-electron chi connectivity index (χ2n) is 8.25. The van der Waals surface area contributed by atoms with E-state index in [-0.39, 0.29) is 12.1 Å². The predicted molar refractivity (Wildman–Crippen MR) is 130 cm³/mol. The number of aromatic nitrogens is 2. The second-order valence-corrected chi connectivity index (χ2v) is 9.46. The van der Waals surface area contributed by atoms with Crippen LogP contribution in [0.1, 0.15) is 35.0 Å². The number of β-amino-alcohol motifs (C(OH)–C–C–N with tert-alkyl or cyclic N) is 1. The van der Waals surface area contributed by atoms with E-state index < -0.39 is 6.10 Å². The highest BCUT2D eigenvalue weighted by molar-refractivity contribution is 7.12. The number of para-hydroxylation sites is 2. The molecule has 3 aromatic rings. The quantitative estimate of drug-likeness (QED) is 0.449. The van der Waals surface area contributed by atoms with Gasteiger partial charge in [0.05, 0.1) is 7.11 Å². The fourth-order valence-electron chi connectivity index (χ4n) is 3.32. The van der Waals surface area contributed by atoms with Gasteiger partial charge in [-0.3, -0.25) is 0 Å². The molecule has 0 aliphatic heterocycles. The number of rotatable bonds is 11. The van der Waals surface area contributed by atoms with Crippen LogP contribution in [0.25, 0.3) is 12.2 Å². The van der Waals surface area contributed by atoms with Crippen LogP contribution >= 0.6 is 11.3 Å². The van der Waals surface area contributed by atoms with E-state index in [4.69, 9.17) is 9.47 Å². The molecule has 0 radical (unpaired) electrons. The molecule has 6 nitrogen and oxygen atoms in total. The molecule has 170 valence electrons. The van der Waals surface area contributed by atoms with E-state index in [0.29, 0.717) is 6.54 Å². The molecule has 0 bridgehead atoms. The Hall–Kier alpha value is -2.74. The summed E-state index contributed by atoms with van der Waals surface area (Å²) >= 11 is 1.54. The molecular formula is C25H31N3O3S. The zero-order valence-corrected chi connectivity index (χ0v) is 19.9. The Balaban J connectivity index is 1.52. The Bertz CT molecular complexity index is 1030. The Morgan fingerprint density at radius 1 is 1.06 bits per heavy atom. The first-order chi connectivity index (χ1) is 15.4. The number of methoxy groups -OCH3 is 1. The minimum atomic E-state index is -0.644. The molecule has 0 amide bonds. The number of hydrogen-bond acceptors (Lipinski definition) is 7. The van der Waals surface area contributed by atoms with Gasteiger partial charge in [-0.1, -0.05) is 47.7 Å². The van der Waals surface area contributed by atoms with Crippen LogP contribution in [0, 0.1) is 6.92 Å². The van der Waals surface area contributed by atoms with E-state index in [1.54, 1.807) is 7.11 Å². The van der Waals surface area contributed by atoms with Gasteiger partial charge in [-0.2, -0.15) is 0 Å². The second kappa shape index (κ2) is 11.2. The van der Waals surface area contributed by atoms with Crippen molar-refractivity contribution in [3.63, 3.8) is 0 Å². The molecule has 2 aromatic carbocycles. The maximum absolute atomic E-state index is 10.5. The third-order valence-electron chi connectivity index (χ3n) is 4.94. The molecule has 0 fully saturated rings. The molecule has 2 N–H and O–H groups in total. The third kappa shape index (κ3) is 7.15. The lowest BCUT2D eigenvalue weighted by molar-refractivity contribution is 0.0987. The Morgan fingerprint density at radius 2 is 1.78 bits per heavy atom. The molecule has 0 aliphatic rings. The van der Waals surface area contributed by atoms with Crippen molar-refractivity contribution >= 4 is 23.5 Å². The zero-order valence-electron chi connectivity index (χ0n) is 19.0. The van der Waals surface area contributed by atoms with Crippen LogP contribution in [0.4, 0.5) is 0 Å². The number of aliphatic hydroxyl groups excluding tert-OH is 1. The summed E-state index contributed by atoms with van der Waals surface area (Å²) in [6.07, 6.45) is 4.01. The van der Waals surface area contributed by atoms with Gasteiger partial charge in [0.15, 0.2) is 0 Å². The monoisotopic (exact) mass is 453 g/mol. The fraction of sp³-hybridized carbons (Fsp3) is 0.360. The molecule has 1 atom stereocenters. The molecule has 32 heavy (non-hydrogen) atoms. The van der Waals surface area contributed by atoms with Crippen molar-refractivity contribution < 1.29 is 14.6 Å². The van der Waals surface area contributed by atoms with E-state index in [0.717, 1.165) is 39.1 Å². The van der Waals surface area contributed by atoms with Crippen LogP contribution in [0.3, 0.4) is 0 Å². The summed E-state index contributed by atoms with van der Waals surface area (Å²) in [6.45, 7) is 6.77. The topological polar surface area (TPSA) is 76.5 Å². The van der Waals surface area contributed by atoms with Crippen LogP contribution in [-0.4, -0.2) is 47.2 Å². The molecule has 0 aliphatic carbocycles. The highest BCUT2D eigenvalue weighted by Crippen LogP contribution is 2.23. The van der Waals surface area contributed by atoms with Crippen molar-refractivity contribution in [3.05, 3.63) is 69.7 Å². The largest absolute Gasteiger partial charge is 0.496 e. The number of aliphatic hydroxyl groups is 1. The van der Waals surface area contributed by atoms with Crippen molar-refractivity contribution in [2.45, 2.75) is 38.8 Å². The molecule has 0 spiro atoms. The fourth-order valence-corrected chi connectivity index (χ4v) is 3.92. The summed E-state index contributed by atoms with van der Waals surface area (Å²) in [7, 11) is 1.68. The molecule has 7 heteroatoms. The van der Waals surface area contributed by atoms with Gasteiger partial charge in [-0.25, -0.2) is 0 Å². The maximum Gasteiger partial charge on any atom is 0.140 e. The summed E-state index contributed by atoms with van der Waals surface area (Å²) < 4.78 is 11.4. The first kappa shape index (κ1) is 23.9. The van der Waals surface area contributed by atoms with Crippen LogP contribution in [-0.2, 0) is 6.42 Å². The molecule has 1 unspecified atom stereocenters. The van der Waals surface area contributed by atoms with E-state index in [2.05, 4.69) is 35.4 Å². The van der Waals surface area contributed by atoms with Gasteiger partial charge in [0.1, 0.15) is 34.2 Å². The highest BCUT2D eigenvalue weighted by Gasteiger charge is 2.21. The van der Waals surface area contributed by atoms with Crippen LogP contribution in [0.15, 0.2) is 48.5 Å². The minimum absolute atomic E-state index is 0.195. The summed E-state index contributed by atoms with van der Waals surface area (Å²) in [5, 5.41) is 23.8. The molecule has 1 aromatic heterocycles. The third-order valence-corrected chi connectivity index (χ3v) is 5.74. The lowest BCUT2D eigenvalue weighted by atomic mass is 9.94. The average Bonchev–Trinajstić information content (AvgIpc) is 3.20. The number of nitrogens with one attached hydrogen (secondary N) is 1. The van der Waals surface area contributed by atoms with E-state index in [9.17, 15) is 5.11 Å². The average molecular weight is 454 g/mol. The number of hydrogen-bond donors (Lipinski definition) is 2. The van der Waals surface area contributed by atoms with Crippen molar-refractivity contribution in [2.75, 3.05) is 20.3 Å². The normalized spacial score (nSPS) is 12.8. The van der Waals surface area contributed by atoms with Gasteiger partial charge in [0, 0.05) is 17.6 Å². The Kier molecular flexibility index (Phi) is 8.39. The molecule has 1 heterocycles. The lowest BCUT2D eigenvalue weighted by Crippen LogP contribution is -2.46. The molecule has 0 saturated heterocycles. The van der Waals surface area contributed by atoms with Crippen molar-refractivity contribution in [2.24, 2.45) is 0 Å². The summed E-state index contributed by atoms with van der Waals surface area (Å²) in [5.41, 5.74) is 1.84. The lowest BCUT2D eigenvalue weighted by Gasteiger charge is -2.28. The van der Waals surface area contributed by atoms with Crippen molar-refractivity contribution in [3.8, 4) is 11.5 Å². The summed E-state index contributed by atoms with van der Waals surface area (Å²) in [4.78, 5) is 0. The zero-order chi connectivity index (χ0) is 23.0. The molecule has 3 rings (SSSR count). The van der Waals surface area contributed by atoms with E-state index in [1.165, 1.54) is 11.3 Å². The Labute approximate surface area is 193 Å². The minimum Gasteiger partial charge on any atom is -0.496 e. The van der Waals surface area contributed by atoms with Gasteiger partial charge in [0.2, 0.25) is 0 Å². The smallest absolute Gasteiger partial charge is 0.140 e. The van der Waals surface area contributed by atoms with Crippen LogP contribution in [0.5, 0.6) is 11.5 Å². The van der Waals surface area contributed by atoms with Gasteiger partial charge in [-0.05, 0) is 57.0 Å². The van der Waals surface area contributed by atoms with Gasteiger partial charge in [-0.15, -0.1) is 10.2 Å². The standard InChI is InChI=1S/C25H31N3O3S/c1-18-27-28-24(32-18)14-13-19-9-5-8-12-23(19)31-17-21(29)16-26-25(2,3)15-20-10-6-7-11-22(20)30-4/h5-14,21,26,29H,15-17H2,1-4H3/b14-13-. The van der Waals surface area contributed by atoms with E-state index >= 15 is 0 Å². The summed E-state index contributed by atoms with van der Waals surface area (Å²) in [5.74, 6) is 1.59. The summed E-state index contributed by atoms with van der Waals surface area (Å²) in [6, 6.07) is 15.7. The highest BCUT2D eigenvalue weighted by atomic mass is 32.1. The maximum atomic E-state index is 10.5. The van der Waals surface area contributed by atoms with Crippen LogP contribution < -0.4 is 14.8 Å². The number of aryl methyl sites for hydroxylation is 1. The first-order valence-electron chi connectivity index (χ1n) is 10.6. The molecular weight excluding hydrogens is 422 g/mol. The number of nitrogens with zero attached hydrogens (tertiary/aromatic N) is 2. The van der Waals surface area contributed by atoms with Crippen molar-refractivity contribution in [1.82, 2.24) is 15.5 Å². The van der Waals surface area contributed by atoms with Crippen LogP contribution in [0.2, 0.25) is 0 Å². The van der Waals surface area contributed by atoms with E-state index in [1.807, 2.05) is 61.5 Å². The number of ether oxygens (including phenoxy) is 2. The van der Waals surface area contributed by atoms with Gasteiger partial charge >= 0.3 is 0 Å². The SMILES string of the molecule is COc1ccccc1CC(C)(C)NCC(O)COc1ccccc1/C=C\c1nnc(C)s1. The molecule has 0 saturated carbocycles. The first-order valence-corrected chi connectivity index (χ1v) is 11.4. The predicted octanol–water partition coefficient (Wildman–Crippen LogP) is 4.38. The van der Waals surface area contributed by atoms with Gasteiger partial charge in [0.25, 0.3) is 0 Å². The Morgan fingerprint density at radius 3 is 2.50 bits per heavy atom. The number of benzene rings is 2. The van der Waals surface area contributed by atoms with Crippen molar-refractivity contribution in [1.29, 1.82) is 0 Å². The van der Waals surface area contributed by atoms with Gasteiger partial charge < -0.3 is 19.9 Å².